The zero-order valence-electron chi connectivity index (χ0n) is 9.92. The molecule has 3 N–H and O–H groups in total. The van der Waals surface area contributed by atoms with Gasteiger partial charge in [-0.15, -0.1) is 0 Å². The average molecular weight is 253 g/mol. The summed E-state index contributed by atoms with van der Waals surface area (Å²) < 4.78 is 4.31. The van der Waals surface area contributed by atoms with E-state index < -0.39 is 12.1 Å². The van der Waals surface area contributed by atoms with Crippen LogP contribution < -0.4 is 5.32 Å². The maximum atomic E-state index is 11.5. The van der Waals surface area contributed by atoms with E-state index in [-0.39, 0.29) is 24.6 Å². The maximum Gasteiger partial charge on any atom is 0.336 e. The summed E-state index contributed by atoms with van der Waals surface area (Å²) in [6.45, 7) is -0.204. The van der Waals surface area contributed by atoms with E-state index in [4.69, 9.17) is 0 Å². The van der Waals surface area contributed by atoms with Crippen LogP contribution in [-0.4, -0.2) is 41.8 Å². The van der Waals surface area contributed by atoms with Crippen LogP contribution in [0.2, 0.25) is 0 Å². The number of methoxy groups -OCH3 is 1. The lowest BCUT2D eigenvalue weighted by Gasteiger charge is -2.09. The van der Waals surface area contributed by atoms with Gasteiger partial charge in [0.15, 0.2) is 6.10 Å². The number of nitrogens with one attached hydrogen (secondary N) is 1. The van der Waals surface area contributed by atoms with Gasteiger partial charge in [-0.2, -0.15) is 0 Å². The Kier molecular flexibility index (Phi) is 5.13. The van der Waals surface area contributed by atoms with E-state index >= 15 is 0 Å². The van der Waals surface area contributed by atoms with Gasteiger partial charge in [0.05, 0.1) is 20.1 Å². The molecule has 0 spiro atoms. The fourth-order valence-corrected chi connectivity index (χ4v) is 1.34. The van der Waals surface area contributed by atoms with Crippen molar-refractivity contribution in [2.45, 2.75) is 12.5 Å². The fraction of sp³-hybridized carbons (Fsp3) is 0.333. The maximum absolute atomic E-state index is 11.5. The highest BCUT2D eigenvalue weighted by Crippen LogP contribution is 2.11. The van der Waals surface area contributed by atoms with Crippen molar-refractivity contribution < 1.29 is 24.5 Å². The molecule has 0 aromatic heterocycles. The highest BCUT2D eigenvalue weighted by Gasteiger charge is 2.16. The Labute approximate surface area is 104 Å². The number of carbonyl (C=O) groups excluding carboxylic acids is 2. The molecule has 98 valence electrons. The van der Waals surface area contributed by atoms with Crippen LogP contribution in [0.4, 0.5) is 0 Å². The number of aliphatic hydroxyl groups is 1. The summed E-state index contributed by atoms with van der Waals surface area (Å²) in [6.07, 6.45) is -1.31. The summed E-state index contributed by atoms with van der Waals surface area (Å²) in [5.74, 6) is -1.08. The van der Waals surface area contributed by atoms with Gasteiger partial charge >= 0.3 is 5.97 Å². The number of amides is 1. The first-order valence-electron chi connectivity index (χ1n) is 5.33. The minimum Gasteiger partial charge on any atom is -0.508 e. The van der Waals surface area contributed by atoms with Crippen LogP contribution in [0.3, 0.4) is 0 Å². The van der Waals surface area contributed by atoms with Crippen molar-refractivity contribution in [1.29, 1.82) is 0 Å². The first-order chi connectivity index (χ1) is 8.52. The van der Waals surface area contributed by atoms with Crippen molar-refractivity contribution in [3.8, 4) is 5.75 Å². The van der Waals surface area contributed by atoms with E-state index in [1.165, 1.54) is 12.1 Å². The topological polar surface area (TPSA) is 95.9 Å². The number of benzene rings is 1. The normalized spacial score (nSPS) is 11.7. The average Bonchev–Trinajstić information content (AvgIpc) is 2.35. The third kappa shape index (κ3) is 4.42. The van der Waals surface area contributed by atoms with Crippen LogP contribution in [-0.2, 0) is 20.7 Å². The highest BCUT2D eigenvalue weighted by atomic mass is 16.5. The molecule has 0 aliphatic rings. The van der Waals surface area contributed by atoms with Crippen molar-refractivity contribution in [1.82, 2.24) is 5.32 Å². The Morgan fingerprint density at radius 3 is 2.78 bits per heavy atom. The van der Waals surface area contributed by atoms with Gasteiger partial charge in [0, 0.05) is 0 Å². The number of esters is 1. The van der Waals surface area contributed by atoms with Gasteiger partial charge < -0.3 is 20.3 Å². The zero-order chi connectivity index (χ0) is 13.5. The predicted octanol–water partition coefficient (Wildman–Crippen LogP) is -0.415. The van der Waals surface area contributed by atoms with Crippen molar-refractivity contribution >= 4 is 11.9 Å². The quantitative estimate of drug-likeness (QED) is 0.620. The number of aliphatic hydroxyl groups excluding tert-OH is 1. The molecule has 6 heteroatoms. The molecule has 1 unspecified atom stereocenters. The molecule has 1 atom stereocenters. The Bertz CT molecular complexity index is 432. The largest absolute Gasteiger partial charge is 0.508 e. The number of hydrogen-bond donors (Lipinski definition) is 3. The molecule has 6 nitrogen and oxygen atoms in total. The second-order valence-electron chi connectivity index (χ2n) is 3.69. The van der Waals surface area contributed by atoms with Crippen LogP contribution in [0.15, 0.2) is 24.3 Å². The zero-order valence-corrected chi connectivity index (χ0v) is 9.92. The Morgan fingerprint density at radius 2 is 2.17 bits per heavy atom. The number of hydrogen-bond acceptors (Lipinski definition) is 5. The van der Waals surface area contributed by atoms with Gasteiger partial charge in [-0.05, 0) is 17.7 Å². The minimum absolute atomic E-state index is 0.0578. The lowest BCUT2D eigenvalue weighted by Crippen LogP contribution is -2.37. The van der Waals surface area contributed by atoms with E-state index in [2.05, 4.69) is 10.1 Å². The molecule has 0 saturated carbocycles. The molecule has 18 heavy (non-hydrogen) atoms. The predicted molar refractivity (Wildman–Crippen MR) is 62.8 cm³/mol. The first-order valence-corrected chi connectivity index (χ1v) is 5.33. The van der Waals surface area contributed by atoms with E-state index in [0.717, 1.165) is 7.11 Å². The number of phenolic OH excluding ortho intramolecular Hbond substituents is 1. The Morgan fingerprint density at radius 1 is 1.44 bits per heavy atom. The second-order valence-corrected chi connectivity index (χ2v) is 3.69. The Balaban J connectivity index is 2.41. The van der Waals surface area contributed by atoms with Gasteiger partial charge in [0.1, 0.15) is 5.75 Å². The minimum atomic E-state index is -1.37. The number of rotatable bonds is 5. The van der Waals surface area contributed by atoms with Crippen molar-refractivity contribution in [2.24, 2.45) is 0 Å². The fourth-order valence-electron chi connectivity index (χ4n) is 1.34. The molecule has 1 rings (SSSR count). The Hall–Kier alpha value is -2.08. The molecular formula is C12H15NO5. The lowest BCUT2D eigenvalue weighted by molar-refractivity contribution is -0.150. The molecule has 0 aliphatic carbocycles. The third-order valence-electron chi connectivity index (χ3n) is 2.24. The third-order valence-corrected chi connectivity index (χ3v) is 2.24. The second kappa shape index (κ2) is 6.61. The van der Waals surface area contributed by atoms with E-state index in [1.807, 2.05) is 0 Å². The van der Waals surface area contributed by atoms with Crippen molar-refractivity contribution in [2.75, 3.05) is 13.7 Å². The van der Waals surface area contributed by atoms with E-state index in [9.17, 15) is 19.8 Å². The number of ether oxygens (including phenoxy) is 1. The summed E-state index contributed by atoms with van der Waals surface area (Å²) >= 11 is 0. The molecule has 0 radical (unpaired) electrons. The summed E-state index contributed by atoms with van der Waals surface area (Å²) in [4.78, 5) is 22.4. The van der Waals surface area contributed by atoms with Crippen molar-refractivity contribution in [3.05, 3.63) is 29.8 Å². The standard InChI is InChI=1S/C12H15NO5/c1-18-12(17)10(15)7-13-11(16)6-8-3-2-4-9(14)5-8/h2-5,10,14-15H,6-7H2,1H3,(H,13,16). The summed E-state index contributed by atoms with van der Waals surface area (Å²) in [6, 6.07) is 6.29. The smallest absolute Gasteiger partial charge is 0.336 e. The van der Waals surface area contributed by atoms with Crippen molar-refractivity contribution in [3.63, 3.8) is 0 Å². The molecule has 1 aromatic rings. The number of phenols is 1. The summed E-state index contributed by atoms with van der Waals surface area (Å²) in [7, 11) is 1.15. The molecule has 1 aromatic carbocycles. The highest BCUT2D eigenvalue weighted by molar-refractivity contribution is 5.80. The first kappa shape index (κ1) is 14.0. The molecule has 0 aliphatic heterocycles. The number of carbonyl (C=O) groups is 2. The van der Waals surface area contributed by atoms with Gasteiger partial charge in [-0.25, -0.2) is 4.79 Å². The molecule has 0 saturated heterocycles. The summed E-state index contributed by atoms with van der Waals surface area (Å²) in [5.41, 5.74) is 0.639. The molecule has 0 bridgehead atoms. The van der Waals surface area contributed by atoms with Crippen LogP contribution in [0.25, 0.3) is 0 Å². The summed E-state index contributed by atoms with van der Waals surface area (Å²) in [5, 5.41) is 20.9. The molecule has 0 heterocycles. The van der Waals surface area contributed by atoms with Crippen LogP contribution in [0.1, 0.15) is 5.56 Å². The molecule has 0 fully saturated rings. The van der Waals surface area contributed by atoms with Crippen LogP contribution >= 0.6 is 0 Å². The monoisotopic (exact) mass is 253 g/mol. The van der Waals surface area contributed by atoms with Gasteiger partial charge in [0.25, 0.3) is 0 Å². The molecular weight excluding hydrogens is 238 g/mol. The molecule has 1 amide bonds. The van der Waals surface area contributed by atoms with Crippen LogP contribution in [0.5, 0.6) is 5.75 Å². The lowest BCUT2D eigenvalue weighted by atomic mass is 10.1. The number of aromatic hydroxyl groups is 1. The SMILES string of the molecule is COC(=O)C(O)CNC(=O)Cc1cccc(O)c1. The van der Waals surface area contributed by atoms with E-state index in [0.29, 0.717) is 5.56 Å². The van der Waals surface area contributed by atoms with Gasteiger partial charge in [-0.1, -0.05) is 12.1 Å². The van der Waals surface area contributed by atoms with E-state index in [1.54, 1.807) is 12.1 Å². The van der Waals surface area contributed by atoms with Gasteiger partial charge in [0.2, 0.25) is 5.91 Å². The van der Waals surface area contributed by atoms with Crippen LogP contribution in [0, 0.1) is 0 Å². The van der Waals surface area contributed by atoms with Gasteiger partial charge in [-0.3, -0.25) is 4.79 Å².